The van der Waals surface area contributed by atoms with Gasteiger partial charge in [0.15, 0.2) is 6.10 Å². The Labute approximate surface area is 154 Å². The molecule has 0 aliphatic carbocycles. The maximum absolute atomic E-state index is 12.0. The molecule has 0 saturated carbocycles. The predicted molar refractivity (Wildman–Crippen MR) is 92.5 cm³/mol. The molecule has 2 rings (SSSR count). The topological polar surface area (TPSA) is 103 Å². The average molecular weight is 373 g/mol. The fourth-order valence-electron chi connectivity index (χ4n) is 3.29. The molecule has 2 saturated heterocycles. The summed E-state index contributed by atoms with van der Waals surface area (Å²) in [5.74, 6) is -1.11. The first kappa shape index (κ1) is 21.1. The Bertz CT molecular complexity index is 445. The van der Waals surface area contributed by atoms with Gasteiger partial charge in [-0.05, 0) is 6.42 Å². The second kappa shape index (κ2) is 11.5. The molecule has 2 aliphatic heterocycles. The number of ether oxygens (including phenoxy) is 4. The zero-order valence-electron chi connectivity index (χ0n) is 15.5. The molecular formula is C18H31NO7. The highest BCUT2D eigenvalue weighted by atomic mass is 16.8. The van der Waals surface area contributed by atoms with Crippen LogP contribution in [0.2, 0.25) is 0 Å². The number of hydrogen-bond donors (Lipinski definition) is 2. The van der Waals surface area contributed by atoms with Gasteiger partial charge in [0.1, 0.15) is 31.9 Å². The number of nitrogens with one attached hydrogen (secondary N) is 1. The van der Waals surface area contributed by atoms with Crippen LogP contribution in [0.4, 0.5) is 0 Å². The van der Waals surface area contributed by atoms with Crippen molar-refractivity contribution < 1.29 is 33.6 Å². The van der Waals surface area contributed by atoms with E-state index in [1.165, 1.54) is 32.1 Å². The summed E-state index contributed by atoms with van der Waals surface area (Å²) in [7, 11) is 0. The van der Waals surface area contributed by atoms with Crippen LogP contribution < -0.4 is 5.32 Å². The summed E-state index contributed by atoms with van der Waals surface area (Å²) < 4.78 is 21.4. The molecule has 2 N–H and O–H groups in total. The molecule has 0 aromatic rings. The highest BCUT2D eigenvalue weighted by Crippen LogP contribution is 2.25. The standard InChI is InChI=1S/C18H31NO7/c1-2-3-4-5-6-7-8-9-14(20)19-10-13-15-16(25-11-23-13)17(18(21)22)26-12-24-15/h13,15-17H,2-12H2,1H3,(H,19,20)(H,21,22)/t13-,15-,16+,17-/m1/s1. The fraction of sp³-hybridized carbons (Fsp3) is 0.889. The molecule has 2 fully saturated rings. The van der Waals surface area contributed by atoms with Crippen molar-refractivity contribution in [1.82, 2.24) is 5.32 Å². The number of unbranched alkanes of at least 4 members (excludes halogenated alkanes) is 6. The highest BCUT2D eigenvalue weighted by Gasteiger charge is 2.47. The molecule has 8 nitrogen and oxygen atoms in total. The number of carboxylic acids is 1. The minimum absolute atomic E-state index is 0.0213. The number of fused-ring (bicyclic) bond motifs is 1. The number of carbonyl (C=O) groups is 2. The summed E-state index contributed by atoms with van der Waals surface area (Å²) in [6.07, 6.45) is 5.80. The fourth-order valence-corrected chi connectivity index (χ4v) is 3.29. The third kappa shape index (κ3) is 6.50. The van der Waals surface area contributed by atoms with Crippen LogP contribution in [0.15, 0.2) is 0 Å². The van der Waals surface area contributed by atoms with E-state index in [4.69, 9.17) is 18.9 Å². The highest BCUT2D eigenvalue weighted by molar-refractivity contribution is 5.75. The van der Waals surface area contributed by atoms with E-state index in [9.17, 15) is 14.7 Å². The monoisotopic (exact) mass is 373 g/mol. The van der Waals surface area contributed by atoms with Gasteiger partial charge in [0.25, 0.3) is 0 Å². The third-order valence-electron chi connectivity index (χ3n) is 4.79. The number of aliphatic carboxylic acids is 1. The van der Waals surface area contributed by atoms with Gasteiger partial charge in [0, 0.05) is 13.0 Å². The summed E-state index contributed by atoms with van der Waals surface area (Å²) in [6.45, 7) is 2.29. The molecule has 150 valence electrons. The Hall–Kier alpha value is -1.22. The molecule has 0 aromatic heterocycles. The van der Waals surface area contributed by atoms with Gasteiger partial charge in [0.2, 0.25) is 5.91 Å². The molecule has 0 aromatic carbocycles. The molecule has 26 heavy (non-hydrogen) atoms. The summed E-state index contributed by atoms with van der Waals surface area (Å²) in [5, 5.41) is 12.1. The van der Waals surface area contributed by atoms with Gasteiger partial charge in [-0.1, -0.05) is 45.4 Å². The summed E-state index contributed by atoms with van der Waals surface area (Å²) in [5.41, 5.74) is 0. The second-order valence-corrected chi connectivity index (χ2v) is 6.80. The molecule has 2 heterocycles. The number of amides is 1. The van der Waals surface area contributed by atoms with Gasteiger partial charge in [-0.15, -0.1) is 0 Å². The van der Waals surface area contributed by atoms with Crippen molar-refractivity contribution in [3.05, 3.63) is 0 Å². The lowest BCUT2D eigenvalue weighted by atomic mass is 10.0. The first-order chi connectivity index (χ1) is 12.6. The van der Waals surface area contributed by atoms with Crippen molar-refractivity contribution in [2.45, 2.75) is 82.7 Å². The lowest BCUT2D eigenvalue weighted by Crippen LogP contribution is -2.61. The zero-order valence-corrected chi connectivity index (χ0v) is 15.5. The van der Waals surface area contributed by atoms with Crippen molar-refractivity contribution in [3.63, 3.8) is 0 Å². The van der Waals surface area contributed by atoms with Crippen molar-refractivity contribution in [2.75, 3.05) is 20.1 Å². The predicted octanol–water partition coefficient (Wildman–Crippen LogP) is 1.81. The summed E-state index contributed by atoms with van der Waals surface area (Å²) >= 11 is 0. The van der Waals surface area contributed by atoms with Crippen molar-refractivity contribution in [3.8, 4) is 0 Å². The van der Waals surface area contributed by atoms with Crippen LogP contribution in [0.3, 0.4) is 0 Å². The van der Waals surface area contributed by atoms with Crippen LogP contribution in [-0.4, -0.2) is 61.5 Å². The van der Waals surface area contributed by atoms with Crippen LogP contribution in [0.25, 0.3) is 0 Å². The van der Waals surface area contributed by atoms with Crippen LogP contribution >= 0.6 is 0 Å². The maximum Gasteiger partial charge on any atom is 0.335 e. The second-order valence-electron chi connectivity index (χ2n) is 6.80. The van der Waals surface area contributed by atoms with E-state index in [-0.39, 0.29) is 26.0 Å². The van der Waals surface area contributed by atoms with E-state index in [0.29, 0.717) is 6.42 Å². The molecule has 2 aliphatic rings. The number of rotatable bonds is 11. The molecule has 1 amide bonds. The first-order valence-corrected chi connectivity index (χ1v) is 9.59. The van der Waals surface area contributed by atoms with Crippen LogP contribution in [-0.2, 0) is 28.5 Å². The summed E-state index contributed by atoms with van der Waals surface area (Å²) in [4.78, 5) is 23.2. The average Bonchev–Trinajstić information content (AvgIpc) is 2.65. The van der Waals surface area contributed by atoms with Crippen molar-refractivity contribution in [2.24, 2.45) is 0 Å². The first-order valence-electron chi connectivity index (χ1n) is 9.59. The molecule has 0 radical (unpaired) electrons. The van der Waals surface area contributed by atoms with Gasteiger partial charge >= 0.3 is 5.97 Å². The smallest absolute Gasteiger partial charge is 0.335 e. The molecule has 0 spiro atoms. The SMILES string of the molecule is CCCCCCCCCC(=O)NC[C@H]1OCO[C@H]2[C@@H]1OCO[C@H]2C(=O)O. The van der Waals surface area contributed by atoms with Crippen LogP contribution in [0.1, 0.15) is 58.3 Å². The molecule has 0 unspecified atom stereocenters. The van der Waals surface area contributed by atoms with E-state index in [0.717, 1.165) is 12.8 Å². The molecular weight excluding hydrogens is 342 g/mol. The Balaban J connectivity index is 1.65. The number of carbonyl (C=O) groups excluding carboxylic acids is 1. The van der Waals surface area contributed by atoms with Crippen LogP contribution in [0, 0.1) is 0 Å². The molecule has 8 heteroatoms. The zero-order chi connectivity index (χ0) is 18.8. The number of hydrogen-bond acceptors (Lipinski definition) is 6. The molecule has 0 bridgehead atoms. The Morgan fingerprint density at radius 1 is 0.923 bits per heavy atom. The third-order valence-corrected chi connectivity index (χ3v) is 4.79. The van der Waals surface area contributed by atoms with E-state index in [2.05, 4.69) is 12.2 Å². The van der Waals surface area contributed by atoms with Crippen LogP contribution in [0.5, 0.6) is 0 Å². The number of carboxylic acid groups (broad SMARTS) is 1. The van der Waals surface area contributed by atoms with Gasteiger partial charge in [0.05, 0.1) is 0 Å². The lowest BCUT2D eigenvalue weighted by molar-refractivity contribution is -0.317. The summed E-state index contributed by atoms with van der Waals surface area (Å²) in [6, 6.07) is 0. The van der Waals surface area contributed by atoms with E-state index < -0.39 is 30.4 Å². The van der Waals surface area contributed by atoms with Gasteiger partial charge in [-0.25, -0.2) is 4.79 Å². The Morgan fingerprint density at radius 2 is 1.58 bits per heavy atom. The van der Waals surface area contributed by atoms with Crippen molar-refractivity contribution in [1.29, 1.82) is 0 Å². The van der Waals surface area contributed by atoms with Gasteiger partial charge in [-0.3, -0.25) is 4.79 Å². The van der Waals surface area contributed by atoms with E-state index in [1.54, 1.807) is 0 Å². The van der Waals surface area contributed by atoms with Gasteiger partial charge < -0.3 is 29.4 Å². The van der Waals surface area contributed by atoms with Gasteiger partial charge in [-0.2, -0.15) is 0 Å². The lowest BCUT2D eigenvalue weighted by Gasteiger charge is -2.42. The minimum atomic E-state index is -1.09. The minimum Gasteiger partial charge on any atom is -0.479 e. The largest absolute Gasteiger partial charge is 0.479 e. The quantitative estimate of drug-likeness (QED) is 0.532. The molecule has 4 atom stereocenters. The van der Waals surface area contributed by atoms with E-state index >= 15 is 0 Å². The maximum atomic E-state index is 12.0. The Kier molecular flexibility index (Phi) is 9.31. The Morgan fingerprint density at radius 3 is 2.31 bits per heavy atom. The van der Waals surface area contributed by atoms with E-state index in [1.807, 2.05) is 0 Å². The normalized spacial score (nSPS) is 28.3. The van der Waals surface area contributed by atoms with Crippen molar-refractivity contribution >= 4 is 11.9 Å².